The number of carbonyl (C=O) groups is 1. The summed E-state index contributed by atoms with van der Waals surface area (Å²) in [5.41, 5.74) is 3.25. The Morgan fingerprint density at radius 2 is 2.11 bits per heavy atom. The van der Waals surface area contributed by atoms with Crippen molar-refractivity contribution in [3.8, 4) is 0 Å². The number of H-pyrrole nitrogens is 1. The maximum atomic E-state index is 12.4. The number of alkyl halides is 3. The van der Waals surface area contributed by atoms with Gasteiger partial charge in [0.1, 0.15) is 6.54 Å². The van der Waals surface area contributed by atoms with Crippen molar-refractivity contribution in [1.82, 2.24) is 29.6 Å². The molecule has 0 aromatic carbocycles. The van der Waals surface area contributed by atoms with Crippen molar-refractivity contribution in [3.05, 3.63) is 30.4 Å². The van der Waals surface area contributed by atoms with E-state index < -0.39 is 18.8 Å². The third kappa shape index (κ3) is 3.49. The zero-order chi connectivity index (χ0) is 19.2. The van der Waals surface area contributed by atoms with E-state index in [1.165, 1.54) is 4.90 Å². The van der Waals surface area contributed by atoms with E-state index in [1.54, 1.807) is 18.6 Å². The molecule has 11 heteroatoms. The van der Waals surface area contributed by atoms with Crippen molar-refractivity contribution in [2.45, 2.75) is 25.4 Å². The van der Waals surface area contributed by atoms with Crippen molar-refractivity contribution in [2.75, 3.05) is 19.6 Å². The smallest absolute Gasteiger partial charge is 0.405 e. The van der Waals surface area contributed by atoms with Crippen LogP contribution in [0, 0.1) is 5.92 Å². The number of hydrogen-bond acceptors (Lipinski definition) is 3. The van der Waals surface area contributed by atoms with Crippen LogP contribution in [0.15, 0.2) is 24.7 Å². The van der Waals surface area contributed by atoms with E-state index in [1.807, 2.05) is 22.7 Å². The molecule has 152 valence electrons. The molecule has 2 amide bonds. The molecule has 0 unspecified atom stereocenters. The normalized spacial score (nSPS) is 19.9. The number of hydrogen-bond donors (Lipinski definition) is 2. The van der Waals surface area contributed by atoms with Gasteiger partial charge in [-0.1, -0.05) is 13.3 Å². The highest BCUT2D eigenvalue weighted by atomic mass is 19.4. The van der Waals surface area contributed by atoms with Crippen LogP contribution < -0.4 is 5.32 Å². The maximum absolute atomic E-state index is 12.4. The number of fused-ring (bicyclic) bond motifs is 3. The lowest BCUT2D eigenvalue weighted by molar-refractivity contribution is -0.123. The van der Waals surface area contributed by atoms with Gasteiger partial charge in [0.15, 0.2) is 11.3 Å². The molecule has 1 aliphatic heterocycles. The molecular weight excluding hydrogens is 377 g/mol. The van der Waals surface area contributed by atoms with Crippen molar-refractivity contribution < 1.29 is 23.4 Å². The number of imidazole rings is 1. The van der Waals surface area contributed by atoms with Gasteiger partial charge in [0.05, 0.1) is 11.7 Å². The van der Waals surface area contributed by atoms with Crippen LogP contribution in [-0.4, -0.2) is 61.6 Å². The minimum atomic E-state index is -4.42. The second-order valence-corrected chi connectivity index (χ2v) is 6.80. The third-order valence-electron chi connectivity index (χ3n) is 5.14. The van der Waals surface area contributed by atoms with Gasteiger partial charge in [0.2, 0.25) is 0 Å². The molecule has 1 fully saturated rings. The summed E-state index contributed by atoms with van der Waals surface area (Å²) in [4.78, 5) is 25.4. The van der Waals surface area contributed by atoms with Gasteiger partial charge in [0.25, 0.3) is 0 Å². The molecule has 0 bridgehead atoms. The van der Waals surface area contributed by atoms with E-state index in [9.17, 15) is 18.0 Å². The van der Waals surface area contributed by atoms with Crippen molar-refractivity contribution >= 4 is 22.8 Å². The monoisotopic (exact) mass is 398 g/mol. The van der Waals surface area contributed by atoms with Crippen LogP contribution in [0.25, 0.3) is 16.8 Å². The second-order valence-electron chi connectivity index (χ2n) is 6.80. The second kappa shape index (κ2) is 7.30. The molecule has 1 aliphatic rings. The number of aromatic amines is 1. The Morgan fingerprint density at radius 3 is 2.82 bits per heavy atom. The van der Waals surface area contributed by atoms with Crippen LogP contribution in [0.4, 0.5) is 18.0 Å². The predicted octanol–water partition coefficient (Wildman–Crippen LogP) is 2.08. The minimum Gasteiger partial charge on any atom is -0.412 e. The minimum absolute atomic E-state index is 0. The first-order valence-electron chi connectivity index (χ1n) is 8.76. The lowest BCUT2D eigenvalue weighted by Crippen LogP contribution is -2.42. The topological polar surface area (TPSA) is 110 Å². The van der Waals surface area contributed by atoms with Crippen LogP contribution >= 0.6 is 0 Å². The van der Waals surface area contributed by atoms with E-state index in [-0.39, 0.29) is 17.3 Å². The number of halogens is 3. The SMILES string of the molecule is CC[C@@H]1CN(C(=O)NCC(F)(F)F)C[C@@H]1c1cnc2cnc3[nH]ccc3n12.O. The molecule has 4 N–H and O–H groups in total. The molecule has 1 saturated heterocycles. The van der Waals surface area contributed by atoms with Crippen LogP contribution in [0.1, 0.15) is 25.0 Å². The first-order valence-corrected chi connectivity index (χ1v) is 8.76. The van der Waals surface area contributed by atoms with Crippen molar-refractivity contribution in [1.29, 1.82) is 0 Å². The number of amides is 2. The Labute approximate surface area is 158 Å². The lowest BCUT2D eigenvalue weighted by Gasteiger charge is -2.18. The molecular formula is C17H21F3N6O2. The highest BCUT2D eigenvalue weighted by molar-refractivity contribution is 5.76. The predicted molar refractivity (Wildman–Crippen MR) is 96.0 cm³/mol. The van der Waals surface area contributed by atoms with Crippen molar-refractivity contribution in [2.24, 2.45) is 5.92 Å². The van der Waals surface area contributed by atoms with Gasteiger partial charge in [-0.25, -0.2) is 14.8 Å². The van der Waals surface area contributed by atoms with Gasteiger partial charge in [-0.2, -0.15) is 13.2 Å². The molecule has 2 atom stereocenters. The highest BCUT2D eigenvalue weighted by Gasteiger charge is 2.38. The van der Waals surface area contributed by atoms with Gasteiger partial charge in [-0.15, -0.1) is 0 Å². The summed E-state index contributed by atoms with van der Waals surface area (Å²) in [5, 5.41) is 1.96. The quantitative estimate of drug-likeness (QED) is 0.705. The number of nitrogens with one attached hydrogen (secondary N) is 2. The van der Waals surface area contributed by atoms with Crippen LogP contribution in [0.3, 0.4) is 0 Å². The third-order valence-corrected chi connectivity index (χ3v) is 5.14. The molecule has 4 heterocycles. The molecule has 3 aromatic heterocycles. The first-order chi connectivity index (χ1) is 12.9. The summed E-state index contributed by atoms with van der Waals surface area (Å²) in [6.07, 6.45) is 1.62. The number of rotatable bonds is 3. The van der Waals surface area contributed by atoms with E-state index in [0.717, 1.165) is 23.3 Å². The molecule has 0 radical (unpaired) electrons. The molecule has 28 heavy (non-hydrogen) atoms. The number of nitrogens with zero attached hydrogens (tertiary/aromatic N) is 4. The van der Waals surface area contributed by atoms with Gasteiger partial charge < -0.3 is 20.7 Å². The average molecular weight is 398 g/mol. The van der Waals surface area contributed by atoms with Gasteiger partial charge in [-0.3, -0.25) is 4.40 Å². The Balaban J connectivity index is 0.00000225. The van der Waals surface area contributed by atoms with Crippen LogP contribution in [0.5, 0.6) is 0 Å². The molecule has 0 saturated carbocycles. The van der Waals surface area contributed by atoms with Gasteiger partial charge >= 0.3 is 12.2 Å². The standard InChI is InChI=1S/C17H19F3N6O.H2O/c1-2-10-7-25(16(27)24-9-17(18,19)20)8-11(10)13-5-22-14-6-23-15-12(26(13)14)3-4-21-15;/h3-6,10-11,21H,2,7-9H2,1H3,(H,24,27);1H2/t10-,11+;/m1./s1. The van der Waals surface area contributed by atoms with Gasteiger partial charge in [-0.05, 0) is 12.0 Å². The Hall–Kier alpha value is -2.82. The summed E-state index contributed by atoms with van der Waals surface area (Å²) >= 11 is 0. The zero-order valence-corrected chi connectivity index (χ0v) is 15.1. The van der Waals surface area contributed by atoms with Gasteiger partial charge in [0, 0.05) is 37.1 Å². The fourth-order valence-electron chi connectivity index (χ4n) is 3.83. The average Bonchev–Trinajstić information content (AvgIpc) is 3.33. The summed E-state index contributed by atoms with van der Waals surface area (Å²) in [6.45, 7) is 1.46. The lowest BCUT2D eigenvalue weighted by atomic mass is 9.91. The number of aromatic nitrogens is 4. The fourth-order valence-corrected chi connectivity index (χ4v) is 3.83. The molecule has 8 nitrogen and oxygen atoms in total. The Kier molecular flexibility index (Phi) is 5.20. The fraction of sp³-hybridized carbons (Fsp3) is 0.471. The number of urea groups is 1. The molecule has 0 aliphatic carbocycles. The first kappa shape index (κ1) is 19.9. The van der Waals surface area contributed by atoms with E-state index in [0.29, 0.717) is 18.7 Å². The summed E-state index contributed by atoms with van der Waals surface area (Å²) in [6, 6.07) is 1.22. The molecule has 0 spiro atoms. The largest absolute Gasteiger partial charge is 0.412 e. The molecule has 3 aromatic rings. The summed E-state index contributed by atoms with van der Waals surface area (Å²) in [7, 11) is 0. The van der Waals surface area contributed by atoms with Crippen LogP contribution in [-0.2, 0) is 0 Å². The van der Waals surface area contributed by atoms with Crippen LogP contribution in [0.2, 0.25) is 0 Å². The summed E-state index contributed by atoms with van der Waals surface area (Å²) in [5.74, 6) is 0.130. The summed E-state index contributed by atoms with van der Waals surface area (Å²) < 4.78 is 39.2. The van der Waals surface area contributed by atoms with E-state index in [2.05, 4.69) is 15.0 Å². The maximum Gasteiger partial charge on any atom is 0.405 e. The zero-order valence-electron chi connectivity index (χ0n) is 15.1. The Morgan fingerprint density at radius 1 is 1.32 bits per heavy atom. The number of likely N-dealkylation sites (tertiary alicyclic amines) is 1. The number of carbonyl (C=O) groups excluding carboxylic acids is 1. The Bertz CT molecular complexity index is 982. The highest BCUT2D eigenvalue weighted by Crippen LogP contribution is 2.35. The molecule has 4 rings (SSSR count). The van der Waals surface area contributed by atoms with Crippen molar-refractivity contribution in [3.63, 3.8) is 0 Å². The van der Waals surface area contributed by atoms with E-state index >= 15 is 0 Å². The van der Waals surface area contributed by atoms with E-state index in [4.69, 9.17) is 0 Å².